The van der Waals surface area contributed by atoms with Crippen LogP contribution in [0.25, 0.3) is 0 Å². The molecular weight excluding hydrogens is 340 g/mol. The Kier molecular flexibility index (Phi) is 7.31. The lowest BCUT2D eigenvalue weighted by Gasteiger charge is -2.18. The van der Waals surface area contributed by atoms with Gasteiger partial charge in [-0.3, -0.25) is 4.79 Å². The van der Waals surface area contributed by atoms with Crippen LogP contribution in [0.4, 0.5) is 0 Å². The minimum atomic E-state index is -3.79. The number of benzene rings is 1. The molecule has 1 aromatic rings. The lowest BCUT2D eigenvalue weighted by molar-refractivity contribution is -0.121. The number of ether oxygens (including phenoxy) is 1. The first-order valence-electron chi connectivity index (χ1n) is 7.33. The maximum absolute atomic E-state index is 12.5. The highest BCUT2D eigenvalue weighted by Crippen LogP contribution is 2.28. The highest BCUT2D eigenvalue weighted by atomic mass is 35.5. The van der Waals surface area contributed by atoms with E-state index in [4.69, 9.17) is 16.3 Å². The van der Waals surface area contributed by atoms with Crippen molar-refractivity contribution in [3.63, 3.8) is 0 Å². The molecule has 0 saturated heterocycles. The Hall–Kier alpha value is -1.31. The van der Waals surface area contributed by atoms with Gasteiger partial charge in [0.15, 0.2) is 0 Å². The molecule has 1 amide bonds. The Labute approximate surface area is 142 Å². The second-order valence-corrected chi connectivity index (χ2v) is 7.94. The molecule has 8 heteroatoms. The van der Waals surface area contributed by atoms with E-state index in [0.717, 1.165) is 4.31 Å². The van der Waals surface area contributed by atoms with Crippen molar-refractivity contribution in [2.45, 2.75) is 25.7 Å². The molecule has 0 aromatic heterocycles. The number of amides is 1. The van der Waals surface area contributed by atoms with Crippen LogP contribution >= 0.6 is 11.6 Å². The van der Waals surface area contributed by atoms with E-state index in [1.54, 1.807) is 0 Å². The van der Waals surface area contributed by atoms with Crippen LogP contribution in [0, 0.1) is 5.92 Å². The first-order valence-corrected chi connectivity index (χ1v) is 9.15. The molecule has 0 radical (unpaired) electrons. The molecule has 0 atom stereocenters. The van der Waals surface area contributed by atoms with Crippen molar-refractivity contribution in [1.82, 2.24) is 9.62 Å². The van der Waals surface area contributed by atoms with Gasteiger partial charge < -0.3 is 10.1 Å². The summed E-state index contributed by atoms with van der Waals surface area (Å²) in [7, 11) is -2.44. The van der Waals surface area contributed by atoms with Crippen molar-refractivity contribution in [2.75, 3.05) is 26.7 Å². The zero-order valence-corrected chi connectivity index (χ0v) is 15.4. The molecule has 0 fully saturated rings. The highest BCUT2D eigenvalue weighted by Gasteiger charge is 2.24. The Morgan fingerprint density at radius 3 is 2.57 bits per heavy atom. The normalized spacial score (nSPS) is 11.8. The first kappa shape index (κ1) is 19.7. The molecule has 1 N–H and O–H groups in total. The third-order valence-electron chi connectivity index (χ3n) is 2.99. The van der Waals surface area contributed by atoms with E-state index in [-0.39, 0.29) is 22.4 Å². The van der Waals surface area contributed by atoms with Gasteiger partial charge in [0.25, 0.3) is 0 Å². The van der Waals surface area contributed by atoms with E-state index in [1.165, 1.54) is 25.2 Å². The molecule has 1 aromatic carbocycles. The summed E-state index contributed by atoms with van der Waals surface area (Å²) in [6.07, 6.45) is 0. The number of rotatable bonds is 8. The van der Waals surface area contributed by atoms with Crippen molar-refractivity contribution >= 4 is 27.5 Å². The number of sulfonamides is 1. The van der Waals surface area contributed by atoms with Crippen LogP contribution in [-0.2, 0) is 14.8 Å². The largest absolute Gasteiger partial charge is 0.492 e. The van der Waals surface area contributed by atoms with Gasteiger partial charge in [-0.1, -0.05) is 25.4 Å². The zero-order chi connectivity index (χ0) is 17.6. The average Bonchev–Trinajstić information content (AvgIpc) is 2.47. The molecule has 130 valence electrons. The Bertz CT molecular complexity index is 647. The zero-order valence-electron chi connectivity index (χ0n) is 13.8. The van der Waals surface area contributed by atoms with Gasteiger partial charge in [-0.05, 0) is 31.0 Å². The number of nitrogens with zero attached hydrogens (tertiary/aromatic N) is 1. The maximum Gasteiger partial charge on any atom is 0.243 e. The van der Waals surface area contributed by atoms with Crippen LogP contribution in [0.2, 0.25) is 5.02 Å². The molecule has 0 aliphatic carbocycles. The van der Waals surface area contributed by atoms with Crippen molar-refractivity contribution in [3.8, 4) is 5.75 Å². The molecule has 0 heterocycles. The second kappa shape index (κ2) is 8.52. The van der Waals surface area contributed by atoms with Crippen molar-refractivity contribution in [1.29, 1.82) is 0 Å². The smallest absolute Gasteiger partial charge is 0.243 e. The predicted octanol–water partition coefficient (Wildman–Crippen LogP) is 2.13. The fraction of sp³-hybridized carbons (Fsp3) is 0.533. The third-order valence-corrected chi connectivity index (χ3v) is 5.08. The minimum Gasteiger partial charge on any atom is -0.492 e. The number of halogens is 1. The van der Waals surface area contributed by atoms with Gasteiger partial charge in [-0.25, -0.2) is 8.42 Å². The average molecular weight is 363 g/mol. The monoisotopic (exact) mass is 362 g/mol. The van der Waals surface area contributed by atoms with E-state index in [2.05, 4.69) is 5.32 Å². The van der Waals surface area contributed by atoms with Crippen LogP contribution in [-0.4, -0.2) is 45.4 Å². The summed E-state index contributed by atoms with van der Waals surface area (Å²) < 4.78 is 31.2. The fourth-order valence-electron chi connectivity index (χ4n) is 1.76. The lowest BCUT2D eigenvalue weighted by Crippen LogP contribution is -2.39. The Morgan fingerprint density at radius 2 is 2.04 bits per heavy atom. The standard InChI is InChI=1S/C15H23ClN2O4S/c1-5-22-14-7-6-12(8-13(14)16)23(20,21)18(4)10-15(19)17-9-11(2)3/h6-8,11H,5,9-10H2,1-4H3,(H,17,19). The molecule has 1 rings (SSSR count). The van der Waals surface area contributed by atoms with Gasteiger partial charge in [0, 0.05) is 13.6 Å². The topological polar surface area (TPSA) is 75.7 Å². The summed E-state index contributed by atoms with van der Waals surface area (Å²) in [5.74, 6) is 0.373. The SMILES string of the molecule is CCOc1ccc(S(=O)(=O)N(C)CC(=O)NCC(C)C)cc1Cl. The van der Waals surface area contributed by atoms with E-state index in [9.17, 15) is 13.2 Å². The number of hydrogen-bond donors (Lipinski definition) is 1. The number of carbonyl (C=O) groups is 1. The number of nitrogens with one attached hydrogen (secondary N) is 1. The van der Waals surface area contributed by atoms with Crippen molar-refractivity contribution < 1.29 is 17.9 Å². The first-order chi connectivity index (χ1) is 10.7. The van der Waals surface area contributed by atoms with E-state index in [0.29, 0.717) is 24.8 Å². The third kappa shape index (κ3) is 5.67. The van der Waals surface area contributed by atoms with Gasteiger partial charge in [-0.2, -0.15) is 4.31 Å². The van der Waals surface area contributed by atoms with Crippen molar-refractivity contribution in [3.05, 3.63) is 23.2 Å². The Balaban J connectivity index is 2.85. The molecule has 0 aliphatic rings. The van der Waals surface area contributed by atoms with Gasteiger partial charge in [0.05, 0.1) is 23.1 Å². The molecule has 6 nitrogen and oxygen atoms in total. The second-order valence-electron chi connectivity index (χ2n) is 5.48. The molecule has 23 heavy (non-hydrogen) atoms. The summed E-state index contributed by atoms with van der Waals surface area (Å²) >= 11 is 6.02. The minimum absolute atomic E-state index is 0.0186. The summed E-state index contributed by atoms with van der Waals surface area (Å²) in [6, 6.07) is 4.24. The summed E-state index contributed by atoms with van der Waals surface area (Å²) in [4.78, 5) is 11.8. The Morgan fingerprint density at radius 1 is 1.39 bits per heavy atom. The summed E-state index contributed by atoms with van der Waals surface area (Å²) in [5.41, 5.74) is 0. The van der Waals surface area contributed by atoms with Crippen LogP contribution < -0.4 is 10.1 Å². The molecular formula is C15H23ClN2O4S. The van der Waals surface area contributed by atoms with Crippen LogP contribution in [0.3, 0.4) is 0 Å². The summed E-state index contributed by atoms with van der Waals surface area (Å²) in [5, 5.41) is 2.90. The van der Waals surface area contributed by atoms with Crippen molar-refractivity contribution in [2.24, 2.45) is 5.92 Å². The maximum atomic E-state index is 12.5. The molecule has 0 spiro atoms. The van der Waals surface area contributed by atoms with E-state index < -0.39 is 10.0 Å². The summed E-state index contributed by atoms with van der Waals surface area (Å²) in [6.45, 7) is 6.42. The van der Waals surface area contributed by atoms with Gasteiger partial charge >= 0.3 is 0 Å². The van der Waals surface area contributed by atoms with Crippen LogP contribution in [0.15, 0.2) is 23.1 Å². The highest BCUT2D eigenvalue weighted by molar-refractivity contribution is 7.89. The fourth-order valence-corrected chi connectivity index (χ4v) is 3.21. The number of carbonyl (C=O) groups excluding carboxylic acids is 1. The van der Waals surface area contributed by atoms with Gasteiger partial charge in [0.2, 0.25) is 15.9 Å². The van der Waals surface area contributed by atoms with E-state index in [1.807, 2.05) is 20.8 Å². The molecule has 0 unspecified atom stereocenters. The number of hydrogen-bond acceptors (Lipinski definition) is 4. The van der Waals surface area contributed by atoms with Crippen LogP contribution in [0.1, 0.15) is 20.8 Å². The number of likely N-dealkylation sites (N-methyl/N-ethyl adjacent to an activating group) is 1. The van der Waals surface area contributed by atoms with E-state index >= 15 is 0 Å². The quantitative estimate of drug-likeness (QED) is 0.768. The van der Waals surface area contributed by atoms with Gasteiger partial charge in [0.1, 0.15) is 5.75 Å². The predicted molar refractivity (Wildman–Crippen MR) is 90.3 cm³/mol. The molecule has 0 aliphatic heterocycles. The molecule has 0 saturated carbocycles. The van der Waals surface area contributed by atoms with Gasteiger partial charge in [-0.15, -0.1) is 0 Å². The lowest BCUT2D eigenvalue weighted by atomic mass is 10.2. The molecule has 0 bridgehead atoms. The van der Waals surface area contributed by atoms with Crippen LogP contribution in [0.5, 0.6) is 5.75 Å².